The first-order chi connectivity index (χ1) is 14.0. The fourth-order valence-electron chi connectivity index (χ4n) is 3.52. The number of hydrogen-bond acceptors (Lipinski definition) is 5. The van der Waals surface area contributed by atoms with Crippen LogP contribution < -0.4 is 22.3 Å². The number of carbonyl (C=O) groups is 1. The number of anilines is 1. The number of hydrogen-bond donors (Lipinski definition) is 3. The van der Waals surface area contributed by atoms with Crippen molar-refractivity contribution in [2.75, 3.05) is 12.3 Å². The van der Waals surface area contributed by atoms with Gasteiger partial charge in [-0.2, -0.15) is 0 Å². The van der Waals surface area contributed by atoms with Crippen LogP contribution in [-0.2, 0) is 12.0 Å². The van der Waals surface area contributed by atoms with Crippen molar-refractivity contribution in [3.05, 3.63) is 61.8 Å². The minimum Gasteiger partial charge on any atom is -0.384 e. The van der Waals surface area contributed by atoms with E-state index in [2.05, 4.69) is 69.2 Å². The van der Waals surface area contributed by atoms with E-state index in [0.29, 0.717) is 13.0 Å². The van der Waals surface area contributed by atoms with Crippen LogP contribution in [0.5, 0.6) is 0 Å². The van der Waals surface area contributed by atoms with Gasteiger partial charge in [-0.3, -0.25) is 19.1 Å². The minimum absolute atomic E-state index is 0.0541. The van der Waals surface area contributed by atoms with Crippen LogP contribution in [-0.4, -0.2) is 21.9 Å². The van der Waals surface area contributed by atoms with E-state index in [0.717, 1.165) is 5.56 Å². The summed E-state index contributed by atoms with van der Waals surface area (Å²) in [6.07, 6.45) is 0.655. The molecule has 4 N–H and O–H groups in total. The molecule has 0 saturated carbocycles. The van der Waals surface area contributed by atoms with E-state index in [1.54, 1.807) is 0 Å². The topological polar surface area (TPSA) is 110 Å². The Morgan fingerprint density at radius 2 is 1.77 bits per heavy atom. The Labute approximate surface area is 177 Å². The van der Waals surface area contributed by atoms with Crippen LogP contribution in [0.1, 0.15) is 75.5 Å². The van der Waals surface area contributed by atoms with Gasteiger partial charge in [-0.1, -0.05) is 65.8 Å². The second kappa shape index (κ2) is 9.43. The van der Waals surface area contributed by atoms with E-state index in [4.69, 9.17) is 5.73 Å². The summed E-state index contributed by atoms with van der Waals surface area (Å²) in [4.78, 5) is 39.2. The Morgan fingerprint density at radius 3 is 2.27 bits per heavy atom. The van der Waals surface area contributed by atoms with Crippen molar-refractivity contribution >= 4 is 11.6 Å². The van der Waals surface area contributed by atoms with Gasteiger partial charge in [0.25, 0.3) is 5.56 Å². The third kappa shape index (κ3) is 5.27. The Balaban J connectivity index is 2.25. The average Bonchev–Trinajstić information content (AvgIpc) is 2.64. The lowest BCUT2D eigenvalue weighted by atomic mass is 9.85. The number of aromatic nitrogens is 2. The summed E-state index contributed by atoms with van der Waals surface area (Å²) in [6, 6.07) is 8.30. The molecule has 0 amide bonds. The van der Waals surface area contributed by atoms with Gasteiger partial charge in [0, 0.05) is 12.6 Å². The maximum Gasteiger partial charge on any atom is 0.329 e. The molecule has 0 fully saturated rings. The molecule has 0 unspecified atom stereocenters. The summed E-state index contributed by atoms with van der Waals surface area (Å²) in [7, 11) is 0. The summed E-state index contributed by atoms with van der Waals surface area (Å²) in [5.74, 6) is -0.286. The third-order valence-electron chi connectivity index (χ3n) is 5.25. The molecule has 0 bridgehead atoms. The minimum atomic E-state index is -0.743. The summed E-state index contributed by atoms with van der Waals surface area (Å²) in [6.45, 7) is 12.8. The van der Waals surface area contributed by atoms with E-state index in [-0.39, 0.29) is 35.3 Å². The smallest absolute Gasteiger partial charge is 0.329 e. The number of H-pyrrole nitrogens is 1. The van der Waals surface area contributed by atoms with E-state index in [1.165, 1.54) is 10.1 Å². The largest absolute Gasteiger partial charge is 0.384 e. The molecular weight excluding hydrogens is 380 g/mol. The van der Waals surface area contributed by atoms with Gasteiger partial charge < -0.3 is 11.1 Å². The lowest BCUT2D eigenvalue weighted by Crippen LogP contribution is -2.39. The zero-order valence-corrected chi connectivity index (χ0v) is 18.8. The number of aromatic amines is 1. The molecule has 164 valence electrons. The Kier molecular flexibility index (Phi) is 7.42. The van der Waals surface area contributed by atoms with Crippen molar-refractivity contribution in [2.24, 2.45) is 5.92 Å². The molecule has 0 aliphatic carbocycles. The van der Waals surface area contributed by atoms with Crippen molar-refractivity contribution in [3.63, 3.8) is 0 Å². The fraction of sp³-hybridized carbons (Fsp3) is 0.522. The molecule has 0 spiro atoms. The number of Topliss-reactive ketones (excluding diaryl/α,β-unsaturated/α-hetero) is 1. The SMILES string of the molecule is CCCn1c(N)c(C(=O)CN[C@@H](c2ccc(C(C)(C)C)cc2)C(C)C)c(=O)[nH]c1=O. The van der Waals surface area contributed by atoms with Crippen LogP contribution in [0.15, 0.2) is 33.9 Å². The van der Waals surface area contributed by atoms with Crippen LogP contribution in [0.3, 0.4) is 0 Å². The van der Waals surface area contributed by atoms with Gasteiger partial charge in [-0.05, 0) is 28.9 Å². The number of nitrogens with zero attached hydrogens (tertiary/aromatic N) is 1. The quantitative estimate of drug-likeness (QED) is 0.575. The fourth-order valence-corrected chi connectivity index (χ4v) is 3.52. The number of ketones is 1. The molecule has 7 nitrogen and oxygen atoms in total. The molecular formula is C23H34N4O3. The van der Waals surface area contributed by atoms with Crippen LogP contribution in [0.25, 0.3) is 0 Å². The van der Waals surface area contributed by atoms with E-state index < -0.39 is 17.0 Å². The maximum absolute atomic E-state index is 12.8. The average molecular weight is 415 g/mol. The third-order valence-corrected chi connectivity index (χ3v) is 5.25. The molecule has 7 heteroatoms. The number of nitrogens with two attached hydrogens (primary N) is 1. The van der Waals surface area contributed by atoms with Gasteiger partial charge >= 0.3 is 5.69 Å². The lowest BCUT2D eigenvalue weighted by molar-refractivity contribution is 0.0983. The van der Waals surface area contributed by atoms with Gasteiger partial charge in [-0.25, -0.2) is 4.79 Å². The highest BCUT2D eigenvalue weighted by molar-refractivity contribution is 6.01. The Hall–Kier alpha value is -2.67. The van der Waals surface area contributed by atoms with E-state index in [9.17, 15) is 14.4 Å². The van der Waals surface area contributed by atoms with Crippen molar-refractivity contribution in [3.8, 4) is 0 Å². The highest BCUT2D eigenvalue weighted by Gasteiger charge is 2.22. The van der Waals surface area contributed by atoms with Crippen molar-refractivity contribution in [1.82, 2.24) is 14.9 Å². The lowest BCUT2D eigenvalue weighted by Gasteiger charge is -2.25. The predicted octanol–water partition coefficient (Wildman–Crippen LogP) is 3.00. The van der Waals surface area contributed by atoms with E-state index >= 15 is 0 Å². The number of benzene rings is 1. The van der Waals surface area contributed by atoms with Gasteiger partial charge in [0.15, 0.2) is 5.78 Å². The monoisotopic (exact) mass is 414 g/mol. The second-order valence-electron chi connectivity index (χ2n) is 9.07. The standard InChI is InChI=1S/C23H34N4O3/c1-7-12-27-20(24)18(21(29)26-22(27)30)17(28)13-25-19(14(2)3)15-8-10-16(11-9-15)23(4,5)6/h8-11,14,19,25H,7,12-13,24H2,1-6H3,(H,26,29,30)/t19-/m1/s1. The highest BCUT2D eigenvalue weighted by Crippen LogP contribution is 2.26. The zero-order chi connectivity index (χ0) is 22.6. The van der Waals surface area contributed by atoms with Crippen molar-refractivity contribution in [1.29, 1.82) is 0 Å². The highest BCUT2D eigenvalue weighted by atomic mass is 16.2. The first kappa shape index (κ1) is 23.6. The molecule has 2 aromatic rings. The molecule has 30 heavy (non-hydrogen) atoms. The second-order valence-corrected chi connectivity index (χ2v) is 9.07. The van der Waals surface area contributed by atoms with Crippen LogP contribution >= 0.6 is 0 Å². The first-order valence-electron chi connectivity index (χ1n) is 10.5. The maximum atomic E-state index is 12.8. The summed E-state index contributed by atoms with van der Waals surface area (Å²) < 4.78 is 1.24. The molecule has 0 aliphatic rings. The number of nitrogen functional groups attached to an aromatic ring is 1. The molecule has 1 heterocycles. The summed E-state index contributed by atoms with van der Waals surface area (Å²) in [5, 5.41) is 3.27. The van der Waals surface area contributed by atoms with E-state index in [1.807, 2.05) is 6.92 Å². The molecule has 0 aliphatic heterocycles. The van der Waals surface area contributed by atoms with Crippen LogP contribution in [0.4, 0.5) is 5.82 Å². The number of nitrogens with one attached hydrogen (secondary N) is 2. The molecule has 1 aromatic carbocycles. The van der Waals surface area contributed by atoms with Crippen molar-refractivity contribution < 1.29 is 4.79 Å². The van der Waals surface area contributed by atoms with Gasteiger partial charge in [0.05, 0.1) is 6.54 Å². The van der Waals surface area contributed by atoms with Crippen molar-refractivity contribution in [2.45, 2.75) is 66.0 Å². The predicted molar refractivity (Wildman–Crippen MR) is 121 cm³/mol. The van der Waals surface area contributed by atoms with Gasteiger partial charge in [0.2, 0.25) is 0 Å². The molecule has 1 aromatic heterocycles. The van der Waals surface area contributed by atoms with Crippen LogP contribution in [0.2, 0.25) is 0 Å². The summed E-state index contributed by atoms with van der Waals surface area (Å²) in [5.41, 5.74) is 6.87. The van der Waals surface area contributed by atoms with Gasteiger partial charge in [0.1, 0.15) is 11.4 Å². The normalized spacial score (nSPS) is 12.9. The number of rotatable bonds is 8. The molecule has 2 rings (SSSR count). The molecule has 0 saturated heterocycles. The summed E-state index contributed by atoms with van der Waals surface area (Å²) >= 11 is 0. The van der Waals surface area contributed by atoms with Gasteiger partial charge in [-0.15, -0.1) is 0 Å². The first-order valence-corrected chi connectivity index (χ1v) is 10.5. The Morgan fingerprint density at radius 1 is 1.17 bits per heavy atom. The number of carbonyl (C=O) groups excluding carboxylic acids is 1. The molecule has 1 atom stereocenters. The zero-order valence-electron chi connectivity index (χ0n) is 18.8. The molecule has 0 radical (unpaired) electrons. The van der Waals surface area contributed by atoms with Crippen LogP contribution in [0, 0.1) is 5.92 Å². The Bertz CT molecular complexity index is 995.